The second-order valence-corrected chi connectivity index (χ2v) is 11.1. The van der Waals surface area contributed by atoms with E-state index in [2.05, 4.69) is 48.8 Å². The molecule has 38 heavy (non-hydrogen) atoms. The minimum Gasteiger partial charge on any atom is -0.367 e. The number of hydrazine groups is 1. The van der Waals surface area contributed by atoms with E-state index in [1.165, 1.54) is 38.5 Å². The first-order chi connectivity index (χ1) is 18.7. The lowest BCUT2D eigenvalue weighted by molar-refractivity contribution is -0.131. The van der Waals surface area contributed by atoms with Crippen LogP contribution in [0, 0.1) is 5.92 Å². The molecule has 0 spiro atoms. The maximum atomic E-state index is 12.9. The third-order valence-corrected chi connectivity index (χ3v) is 8.41. The molecule has 2 saturated heterocycles. The normalized spacial score (nSPS) is 19.9. The number of anilines is 2. The van der Waals surface area contributed by atoms with Gasteiger partial charge in [-0.3, -0.25) is 15.2 Å². The number of hydrogen-bond acceptors (Lipinski definition) is 7. The largest absolute Gasteiger partial charge is 0.367 e. The first-order valence-electron chi connectivity index (χ1n) is 14.5. The quantitative estimate of drug-likeness (QED) is 0.470. The number of amides is 1. The average Bonchev–Trinajstić information content (AvgIpc) is 2.98. The van der Waals surface area contributed by atoms with Crippen molar-refractivity contribution in [3.8, 4) is 11.3 Å². The van der Waals surface area contributed by atoms with Crippen molar-refractivity contribution < 1.29 is 4.79 Å². The second kappa shape index (κ2) is 11.6. The number of carbonyl (C=O) groups excluding carboxylic acids is 1. The molecule has 1 aliphatic carbocycles. The summed E-state index contributed by atoms with van der Waals surface area (Å²) >= 11 is 0. The topological polar surface area (TPSA) is 86.3 Å². The number of pyridine rings is 3. The van der Waals surface area contributed by atoms with Crippen molar-refractivity contribution in [1.29, 1.82) is 0 Å². The first-order valence-corrected chi connectivity index (χ1v) is 14.5. The van der Waals surface area contributed by atoms with E-state index in [0.29, 0.717) is 6.04 Å². The number of rotatable bonds is 6. The summed E-state index contributed by atoms with van der Waals surface area (Å²) in [6, 6.07) is 8.85. The molecule has 8 heteroatoms. The molecular formula is C30H39N7O. The lowest BCUT2D eigenvalue weighted by atomic mass is 9.95. The zero-order valence-corrected chi connectivity index (χ0v) is 22.2. The molecule has 1 saturated carbocycles. The van der Waals surface area contributed by atoms with Gasteiger partial charge in [0, 0.05) is 73.1 Å². The van der Waals surface area contributed by atoms with Crippen LogP contribution in [0.2, 0.25) is 0 Å². The molecule has 3 fully saturated rings. The molecule has 1 amide bonds. The van der Waals surface area contributed by atoms with Crippen LogP contribution in [-0.2, 0) is 4.79 Å². The molecule has 0 radical (unpaired) electrons. The van der Waals surface area contributed by atoms with E-state index in [9.17, 15) is 4.79 Å². The summed E-state index contributed by atoms with van der Waals surface area (Å²) in [5, 5.41) is 7.94. The summed E-state index contributed by atoms with van der Waals surface area (Å²) in [4.78, 5) is 29.4. The molecule has 3 aromatic heterocycles. The smallest absolute Gasteiger partial charge is 0.237 e. The molecule has 6 rings (SSSR count). The Kier molecular flexibility index (Phi) is 7.67. The Balaban J connectivity index is 1.19. The number of aromatic nitrogens is 3. The fraction of sp³-hybridized carbons (Fsp3) is 0.533. The van der Waals surface area contributed by atoms with Crippen molar-refractivity contribution in [2.24, 2.45) is 5.92 Å². The van der Waals surface area contributed by atoms with E-state index in [-0.39, 0.29) is 11.8 Å². The summed E-state index contributed by atoms with van der Waals surface area (Å²) < 4.78 is 0. The highest BCUT2D eigenvalue weighted by molar-refractivity contribution is 5.94. The summed E-state index contributed by atoms with van der Waals surface area (Å²) in [6.45, 7) is 3.57. The molecule has 0 aromatic carbocycles. The zero-order chi connectivity index (χ0) is 25.7. The van der Waals surface area contributed by atoms with Crippen molar-refractivity contribution in [2.45, 2.75) is 70.3 Å². The summed E-state index contributed by atoms with van der Waals surface area (Å²) in [6.07, 6.45) is 17.2. The molecule has 3 aromatic rings. The number of hydrogen-bond donors (Lipinski definition) is 2. The van der Waals surface area contributed by atoms with Crippen molar-refractivity contribution >= 4 is 28.3 Å². The Labute approximate surface area is 225 Å². The van der Waals surface area contributed by atoms with Crippen LogP contribution in [0.4, 0.5) is 11.6 Å². The fourth-order valence-electron chi connectivity index (χ4n) is 6.20. The van der Waals surface area contributed by atoms with Crippen LogP contribution in [0.5, 0.6) is 0 Å². The van der Waals surface area contributed by atoms with Crippen LogP contribution in [0.3, 0.4) is 0 Å². The molecule has 0 bridgehead atoms. The summed E-state index contributed by atoms with van der Waals surface area (Å²) in [5.74, 6) is 2.13. The van der Waals surface area contributed by atoms with Crippen molar-refractivity contribution in [3.05, 3.63) is 42.9 Å². The standard InChI is InChI=1S/C30H39N7O/c38-30(35-37-15-5-2-6-16-37)22-11-17-36(18-12-22)29-26-10-13-31-21-24(26)19-27(34-29)23-9-14-32-28(20-23)33-25-7-3-1-4-8-25/h9-10,13-14,19-22,25H,1-8,11-12,15-18H2,(H,32,33)(H,35,38). The summed E-state index contributed by atoms with van der Waals surface area (Å²) in [7, 11) is 0. The van der Waals surface area contributed by atoms with Gasteiger partial charge in [-0.15, -0.1) is 0 Å². The SMILES string of the molecule is O=C(NN1CCCCC1)C1CCN(c2nc(-c3ccnc(NC4CCCCC4)c3)cc3cnccc23)CC1. The van der Waals surface area contributed by atoms with E-state index in [1.807, 2.05) is 24.7 Å². The van der Waals surface area contributed by atoms with Crippen LogP contribution in [0.25, 0.3) is 22.0 Å². The Morgan fingerprint density at radius 3 is 2.47 bits per heavy atom. The van der Waals surface area contributed by atoms with E-state index < -0.39 is 0 Å². The highest BCUT2D eigenvalue weighted by Crippen LogP contribution is 2.33. The Morgan fingerprint density at radius 1 is 0.868 bits per heavy atom. The third-order valence-electron chi connectivity index (χ3n) is 8.41. The minimum absolute atomic E-state index is 0.0536. The number of carbonyl (C=O) groups is 1. The molecule has 2 N–H and O–H groups in total. The molecule has 0 atom stereocenters. The monoisotopic (exact) mass is 513 g/mol. The lowest BCUT2D eigenvalue weighted by Gasteiger charge is -2.34. The number of fused-ring (bicyclic) bond motifs is 1. The van der Waals surface area contributed by atoms with Crippen LogP contribution < -0.4 is 15.6 Å². The van der Waals surface area contributed by atoms with E-state index in [4.69, 9.17) is 4.98 Å². The third kappa shape index (κ3) is 5.75. The lowest BCUT2D eigenvalue weighted by Crippen LogP contribution is -2.49. The minimum atomic E-state index is 0.0536. The maximum absolute atomic E-state index is 12.9. The van der Waals surface area contributed by atoms with Gasteiger partial charge in [-0.2, -0.15) is 0 Å². The van der Waals surface area contributed by atoms with Gasteiger partial charge in [0.25, 0.3) is 0 Å². The zero-order valence-electron chi connectivity index (χ0n) is 22.2. The first kappa shape index (κ1) is 25.0. The molecule has 200 valence electrons. The Bertz CT molecular complexity index is 1240. The molecular weight excluding hydrogens is 474 g/mol. The van der Waals surface area contributed by atoms with Crippen LogP contribution in [-0.4, -0.2) is 58.1 Å². The van der Waals surface area contributed by atoms with Crippen LogP contribution in [0.1, 0.15) is 64.2 Å². The van der Waals surface area contributed by atoms with E-state index in [0.717, 1.165) is 85.5 Å². The van der Waals surface area contributed by atoms with Crippen LogP contribution >= 0.6 is 0 Å². The van der Waals surface area contributed by atoms with Crippen molar-refractivity contribution in [2.75, 3.05) is 36.4 Å². The van der Waals surface area contributed by atoms with Gasteiger partial charge in [0.2, 0.25) is 5.91 Å². The summed E-state index contributed by atoms with van der Waals surface area (Å²) in [5.41, 5.74) is 5.16. The van der Waals surface area contributed by atoms with E-state index >= 15 is 0 Å². The number of nitrogens with one attached hydrogen (secondary N) is 2. The van der Waals surface area contributed by atoms with Gasteiger partial charge in [0.15, 0.2) is 0 Å². The number of nitrogens with zero attached hydrogens (tertiary/aromatic N) is 5. The molecule has 2 aliphatic heterocycles. The van der Waals surface area contributed by atoms with E-state index in [1.54, 1.807) is 0 Å². The Hall–Kier alpha value is -3.26. The number of piperidine rings is 2. The van der Waals surface area contributed by atoms with Gasteiger partial charge in [-0.05, 0) is 62.8 Å². The van der Waals surface area contributed by atoms with Gasteiger partial charge in [-0.1, -0.05) is 25.7 Å². The predicted octanol–water partition coefficient (Wildman–Crippen LogP) is 5.17. The highest BCUT2D eigenvalue weighted by Gasteiger charge is 2.28. The van der Waals surface area contributed by atoms with Crippen molar-refractivity contribution in [3.63, 3.8) is 0 Å². The predicted molar refractivity (Wildman–Crippen MR) is 152 cm³/mol. The van der Waals surface area contributed by atoms with Gasteiger partial charge in [0.05, 0.1) is 5.69 Å². The molecule has 5 heterocycles. The Morgan fingerprint density at radius 2 is 1.66 bits per heavy atom. The van der Waals surface area contributed by atoms with Gasteiger partial charge in [-0.25, -0.2) is 15.0 Å². The second-order valence-electron chi connectivity index (χ2n) is 11.1. The van der Waals surface area contributed by atoms with Gasteiger partial charge in [0.1, 0.15) is 11.6 Å². The maximum Gasteiger partial charge on any atom is 0.237 e. The van der Waals surface area contributed by atoms with Gasteiger partial charge >= 0.3 is 0 Å². The molecule has 3 aliphatic rings. The van der Waals surface area contributed by atoms with Crippen molar-refractivity contribution in [1.82, 2.24) is 25.4 Å². The fourth-order valence-corrected chi connectivity index (χ4v) is 6.20. The molecule has 0 unspecified atom stereocenters. The highest BCUT2D eigenvalue weighted by atomic mass is 16.2. The average molecular weight is 514 g/mol. The van der Waals surface area contributed by atoms with Gasteiger partial charge < -0.3 is 10.2 Å². The molecule has 8 nitrogen and oxygen atoms in total. The van der Waals surface area contributed by atoms with Crippen LogP contribution in [0.15, 0.2) is 42.9 Å².